The number of aryl methyl sites for hydroxylation is 1. The second kappa shape index (κ2) is 6.31. The lowest BCUT2D eigenvalue weighted by atomic mass is 10.2. The van der Waals surface area contributed by atoms with Gasteiger partial charge >= 0.3 is 0 Å². The molecule has 1 aliphatic carbocycles. The second-order valence-electron chi connectivity index (χ2n) is 6.22. The van der Waals surface area contributed by atoms with E-state index in [-0.39, 0.29) is 11.5 Å². The Balaban J connectivity index is 1.84. The Hall–Kier alpha value is -1.56. The fourth-order valence-electron chi connectivity index (χ4n) is 2.68. The molecule has 4 rings (SSSR count). The molecular weight excluding hydrogens is 377 g/mol. The number of nitrogens with zero attached hydrogens (tertiary/aromatic N) is 3. The maximum Gasteiger partial charge on any atom is 0.267 e. The SMILES string of the molecule is Cc1ccnc(-n2c(SCC3CC3(Cl)Cl)nc3ccccc3c2=O)c1. The number of hydrogen-bond donors (Lipinski definition) is 0. The summed E-state index contributed by atoms with van der Waals surface area (Å²) in [6.07, 6.45) is 2.47. The highest BCUT2D eigenvalue weighted by atomic mass is 35.5. The van der Waals surface area contributed by atoms with Crippen LogP contribution in [0.15, 0.2) is 52.5 Å². The summed E-state index contributed by atoms with van der Waals surface area (Å²) >= 11 is 13.7. The van der Waals surface area contributed by atoms with E-state index >= 15 is 0 Å². The van der Waals surface area contributed by atoms with Gasteiger partial charge in [-0.1, -0.05) is 23.9 Å². The van der Waals surface area contributed by atoms with E-state index < -0.39 is 4.33 Å². The Morgan fingerprint density at radius 3 is 2.80 bits per heavy atom. The molecule has 128 valence electrons. The molecule has 3 aromatic rings. The van der Waals surface area contributed by atoms with Crippen LogP contribution in [0, 0.1) is 12.8 Å². The first-order chi connectivity index (χ1) is 12.0. The molecule has 2 aromatic heterocycles. The highest BCUT2D eigenvalue weighted by molar-refractivity contribution is 7.99. The van der Waals surface area contributed by atoms with Crippen LogP contribution in [0.5, 0.6) is 0 Å². The van der Waals surface area contributed by atoms with E-state index in [9.17, 15) is 4.79 Å². The van der Waals surface area contributed by atoms with Crippen LogP contribution >= 0.6 is 35.0 Å². The molecule has 1 aliphatic rings. The monoisotopic (exact) mass is 391 g/mol. The molecule has 1 atom stereocenters. The van der Waals surface area contributed by atoms with Gasteiger partial charge in [-0.2, -0.15) is 0 Å². The Morgan fingerprint density at radius 1 is 1.32 bits per heavy atom. The third-order valence-corrected chi connectivity index (χ3v) is 6.27. The van der Waals surface area contributed by atoms with Crippen LogP contribution in [-0.4, -0.2) is 24.6 Å². The van der Waals surface area contributed by atoms with E-state index in [2.05, 4.69) is 9.97 Å². The number of thioether (sulfide) groups is 1. The summed E-state index contributed by atoms with van der Waals surface area (Å²) in [6.45, 7) is 1.97. The molecule has 1 unspecified atom stereocenters. The van der Waals surface area contributed by atoms with Crippen molar-refractivity contribution >= 4 is 45.9 Å². The largest absolute Gasteiger partial charge is 0.268 e. The topological polar surface area (TPSA) is 47.8 Å². The summed E-state index contributed by atoms with van der Waals surface area (Å²) in [6, 6.07) is 11.1. The van der Waals surface area contributed by atoms with Crippen LogP contribution in [0.25, 0.3) is 16.7 Å². The smallest absolute Gasteiger partial charge is 0.267 e. The van der Waals surface area contributed by atoms with Crippen molar-refractivity contribution in [2.75, 3.05) is 5.75 Å². The summed E-state index contributed by atoms with van der Waals surface area (Å²) in [5.74, 6) is 1.50. The number of benzene rings is 1. The number of fused-ring (bicyclic) bond motifs is 1. The van der Waals surface area contributed by atoms with Crippen LogP contribution in [0.4, 0.5) is 0 Å². The maximum atomic E-state index is 13.1. The van der Waals surface area contributed by atoms with Gasteiger partial charge in [-0.15, -0.1) is 23.2 Å². The lowest BCUT2D eigenvalue weighted by Gasteiger charge is -2.13. The van der Waals surface area contributed by atoms with Gasteiger partial charge in [0.05, 0.1) is 10.9 Å². The van der Waals surface area contributed by atoms with Crippen molar-refractivity contribution < 1.29 is 0 Å². The molecule has 0 amide bonds. The number of rotatable bonds is 4. The molecule has 0 radical (unpaired) electrons. The van der Waals surface area contributed by atoms with E-state index in [0.29, 0.717) is 27.6 Å². The Morgan fingerprint density at radius 2 is 2.08 bits per heavy atom. The molecule has 2 heterocycles. The molecule has 1 saturated carbocycles. The first-order valence-electron chi connectivity index (χ1n) is 7.91. The Kier molecular flexibility index (Phi) is 4.26. The molecular formula is C18H15Cl2N3OS. The standard InChI is InChI=1S/C18H15Cl2N3OS/c1-11-6-7-21-15(8-11)23-16(24)13-4-2-3-5-14(13)22-17(23)25-10-12-9-18(12,19)20/h2-8,12H,9-10H2,1H3. The summed E-state index contributed by atoms with van der Waals surface area (Å²) in [7, 11) is 0. The van der Waals surface area contributed by atoms with Gasteiger partial charge in [-0.05, 0) is 43.2 Å². The van der Waals surface area contributed by atoms with Gasteiger partial charge in [0.2, 0.25) is 0 Å². The number of pyridine rings is 1. The fourth-order valence-corrected chi connectivity index (χ4v) is 4.61. The van der Waals surface area contributed by atoms with Crippen molar-refractivity contribution in [2.45, 2.75) is 22.8 Å². The molecule has 0 saturated heterocycles. The van der Waals surface area contributed by atoms with Gasteiger partial charge in [-0.3, -0.25) is 4.79 Å². The van der Waals surface area contributed by atoms with Gasteiger partial charge in [0.1, 0.15) is 10.2 Å². The third kappa shape index (κ3) is 3.28. The minimum atomic E-state index is -0.642. The summed E-state index contributed by atoms with van der Waals surface area (Å²) in [4.78, 5) is 22.1. The van der Waals surface area contributed by atoms with E-state index in [1.165, 1.54) is 11.8 Å². The van der Waals surface area contributed by atoms with Crippen LogP contribution in [-0.2, 0) is 0 Å². The van der Waals surface area contributed by atoms with Gasteiger partial charge in [0, 0.05) is 17.9 Å². The zero-order valence-electron chi connectivity index (χ0n) is 13.4. The van der Waals surface area contributed by atoms with Crippen molar-refractivity contribution in [3.63, 3.8) is 0 Å². The fraction of sp³-hybridized carbons (Fsp3) is 0.278. The summed E-state index contributed by atoms with van der Waals surface area (Å²) in [5, 5.41) is 1.18. The summed E-state index contributed by atoms with van der Waals surface area (Å²) in [5.41, 5.74) is 1.59. The predicted molar refractivity (Wildman–Crippen MR) is 103 cm³/mol. The Bertz CT molecular complexity index is 1020. The molecule has 25 heavy (non-hydrogen) atoms. The van der Waals surface area contributed by atoms with Gasteiger partial charge in [-0.25, -0.2) is 14.5 Å². The van der Waals surface area contributed by atoms with Gasteiger partial charge in [0.25, 0.3) is 5.56 Å². The van der Waals surface area contributed by atoms with E-state index in [1.807, 2.05) is 37.3 Å². The van der Waals surface area contributed by atoms with Crippen LogP contribution in [0.3, 0.4) is 0 Å². The average Bonchev–Trinajstić information content (AvgIpc) is 3.20. The molecule has 1 aromatic carbocycles. The molecule has 0 N–H and O–H groups in total. The lowest BCUT2D eigenvalue weighted by molar-refractivity contribution is 0.792. The molecule has 0 aliphatic heterocycles. The number of alkyl halides is 2. The minimum Gasteiger partial charge on any atom is -0.268 e. The maximum absolute atomic E-state index is 13.1. The van der Waals surface area contributed by atoms with Crippen molar-refractivity contribution in [2.24, 2.45) is 5.92 Å². The van der Waals surface area contributed by atoms with Crippen molar-refractivity contribution in [1.82, 2.24) is 14.5 Å². The van der Waals surface area contributed by atoms with Crippen molar-refractivity contribution in [3.05, 3.63) is 58.5 Å². The second-order valence-corrected chi connectivity index (χ2v) is 8.75. The first-order valence-corrected chi connectivity index (χ1v) is 9.65. The number of halogens is 2. The zero-order valence-corrected chi connectivity index (χ0v) is 15.8. The molecule has 7 heteroatoms. The Labute approximate surface area is 159 Å². The molecule has 4 nitrogen and oxygen atoms in total. The third-order valence-electron chi connectivity index (χ3n) is 4.24. The average molecular weight is 392 g/mol. The van der Waals surface area contributed by atoms with Crippen molar-refractivity contribution in [3.8, 4) is 5.82 Å². The van der Waals surface area contributed by atoms with Gasteiger partial charge < -0.3 is 0 Å². The highest BCUT2D eigenvalue weighted by Crippen LogP contribution is 2.54. The summed E-state index contributed by atoms with van der Waals surface area (Å²) < 4.78 is 0.934. The van der Waals surface area contributed by atoms with Crippen molar-refractivity contribution in [1.29, 1.82) is 0 Å². The zero-order chi connectivity index (χ0) is 17.6. The normalized spacial score (nSPS) is 18.4. The van der Waals surface area contributed by atoms with E-state index in [0.717, 1.165) is 12.0 Å². The van der Waals surface area contributed by atoms with Crippen LogP contribution < -0.4 is 5.56 Å². The quantitative estimate of drug-likeness (QED) is 0.376. The molecule has 0 spiro atoms. The number of aromatic nitrogens is 3. The highest BCUT2D eigenvalue weighted by Gasteiger charge is 2.51. The van der Waals surface area contributed by atoms with Crippen LogP contribution in [0.1, 0.15) is 12.0 Å². The lowest BCUT2D eigenvalue weighted by Crippen LogP contribution is -2.23. The number of hydrogen-bond acceptors (Lipinski definition) is 4. The molecule has 1 fully saturated rings. The number of para-hydroxylation sites is 1. The first kappa shape index (κ1) is 16.9. The predicted octanol–water partition coefficient (Wildman–Crippen LogP) is 4.38. The van der Waals surface area contributed by atoms with E-state index in [4.69, 9.17) is 23.2 Å². The van der Waals surface area contributed by atoms with E-state index in [1.54, 1.807) is 16.8 Å². The minimum absolute atomic E-state index is 0.120. The van der Waals surface area contributed by atoms with Gasteiger partial charge in [0.15, 0.2) is 5.16 Å². The molecule has 0 bridgehead atoms. The van der Waals surface area contributed by atoms with Crippen LogP contribution in [0.2, 0.25) is 0 Å².